The molecule has 21 heavy (non-hydrogen) atoms. The number of nitrogens with zero attached hydrogens (tertiary/aromatic N) is 1. The van der Waals surface area contributed by atoms with Crippen LogP contribution in [-0.2, 0) is 11.2 Å². The van der Waals surface area contributed by atoms with E-state index in [9.17, 15) is 0 Å². The van der Waals surface area contributed by atoms with Gasteiger partial charge in [0.1, 0.15) is 0 Å². The Morgan fingerprint density at radius 1 is 1.33 bits per heavy atom. The number of morpholine rings is 1. The van der Waals surface area contributed by atoms with Crippen molar-refractivity contribution in [3.63, 3.8) is 0 Å². The van der Waals surface area contributed by atoms with Crippen LogP contribution < -0.4 is 10.6 Å². The third-order valence-corrected chi connectivity index (χ3v) is 4.82. The van der Waals surface area contributed by atoms with Crippen molar-refractivity contribution < 1.29 is 4.74 Å². The number of hydrogen-bond donors (Lipinski definition) is 1. The smallest absolute Gasteiger partial charge is 0.0779 e. The van der Waals surface area contributed by atoms with Gasteiger partial charge in [0.05, 0.1) is 18.8 Å². The second-order valence-electron chi connectivity index (χ2n) is 6.77. The van der Waals surface area contributed by atoms with Crippen molar-refractivity contribution in [2.45, 2.75) is 64.1 Å². The van der Waals surface area contributed by atoms with Crippen LogP contribution in [0.25, 0.3) is 0 Å². The summed E-state index contributed by atoms with van der Waals surface area (Å²) in [5.41, 5.74) is 10.2. The molecule has 1 saturated heterocycles. The first-order chi connectivity index (χ1) is 10.1. The van der Waals surface area contributed by atoms with E-state index in [2.05, 4.69) is 36.9 Å². The van der Waals surface area contributed by atoms with Gasteiger partial charge in [0.2, 0.25) is 0 Å². The van der Waals surface area contributed by atoms with Crippen LogP contribution in [0.2, 0.25) is 0 Å². The maximum atomic E-state index is 6.06. The summed E-state index contributed by atoms with van der Waals surface area (Å²) in [6, 6.07) is 7.60. The van der Waals surface area contributed by atoms with Gasteiger partial charge in [-0.3, -0.25) is 0 Å². The minimum Gasteiger partial charge on any atom is -0.374 e. The van der Waals surface area contributed by atoms with E-state index in [4.69, 9.17) is 10.5 Å². The first kappa shape index (κ1) is 14.9. The predicted molar refractivity (Wildman–Crippen MR) is 87.9 cm³/mol. The summed E-state index contributed by atoms with van der Waals surface area (Å²) in [6.07, 6.45) is 6.50. The zero-order valence-electron chi connectivity index (χ0n) is 13.3. The van der Waals surface area contributed by atoms with Crippen molar-refractivity contribution in [2.75, 3.05) is 18.1 Å². The standard InChI is InChI=1S/C18H28N2O/c1-13-7-8-16(15(11-13)12-14(2)19)20-9-10-21-18-6-4-3-5-17(18)20/h7-8,11,14,17-18H,3-6,9-10,12,19H2,1-2H3. The first-order valence-electron chi connectivity index (χ1n) is 8.38. The lowest BCUT2D eigenvalue weighted by atomic mass is 9.89. The molecule has 0 bridgehead atoms. The Hall–Kier alpha value is -1.06. The molecular weight excluding hydrogens is 260 g/mol. The highest BCUT2D eigenvalue weighted by Crippen LogP contribution is 2.34. The summed E-state index contributed by atoms with van der Waals surface area (Å²) in [6.45, 7) is 6.12. The normalized spacial score (nSPS) is 27.3. The second-order valence-corrected chi connectivity index (χ2v) is 6.77. The molecule has 0 spiro atoms. The van der Waals surface area contributed by atoms with E-state index in [1.165, 1.54) is 42.5 Å². The van der Waals surface area contributed by atoms with Crippen LogP contribution in [-0.4, -0.2) is 31.3 Å². The summed E-state index contributed by atoms with van der Waals surface area (Å²) in [7, 11) is 0. The van der Waals surface area contributed by atoms with Gasteiger partial charge in [-0.1, -0.05) is 30.5 Å². The maximum absolute atomic E-state index is 6.06. The van der Waals surface area contributed by atoms with E-state index >= 15 is 0 Å². The second kappa shape index (κ2) is 6.37. The molecule has 0 aromatic heterocycles. The van der Waals surface area contributed by atoms with Gasteiger partial charge < -0.3 is 15.4 Å². The summed E-state index contributed by atoms with van der Waals surface area (Å²) in [4.78, 5) is 2.60. The SMILES string of the molecule is Cc1ccc(N2CCOC3CCCCC32)c(CC(C)N)c1. The predicted octanol–water partition coefficient (Wildman–Crippen LogP) is 3.03. The van der Waals surface area contributed by atoms with Crippen LogP contribution in [0.15, 0.2) is 18.2 Å². The van der Waals surface area contributed by atoms with Gasteiger partial charge in [-0.05, 0) is 44.7 Å². The van der Waals surface area contributed by atoms with Gasteiger partial charge in [0, 0.05) is 18.3 Å². The lowest BCUT2D eigenvalue weighted by Gasteiger charge is -2.45. The minimum absolute atomic E-state index is 0.203. The summed E-state index contributed by atoms with van der Waals surface area (Å²) in [5.74, 6) is 0. The highest BCUT2D eigenvalue weighted by atomic mass is 16.5. The molecule has 3 rings (SSSR count). The number of aryl methyl sites for hydroxylation is 1. The van der Waals surface area contributed by atoms with Gasteiger partial charge in [-0.15, -0.1) is 0 Å². The van der Waals surface area contributed by atoms with E-state index in [-0.39, 0.29) is 6.04 Å². The molecule has 1 aliphatic heterocycles. The van der Waals surface area contributed by atoms with Crippen molar-refractivity contribution in [1.82, 2.24) is 0 Å². The molecule has 3 atom stereocenters. The number of fused-ring (bicyclic) bond motifs is 1. The van der Waals surface area contributed by atoms with Gasteiger partial charge in [0.25, 0.3) is 0 Å². The van der Waals surface area contributed by atoms with Gasteiger partial charge in [-0.25, -0.2) is 0 Å². The molecule has 0 radical (unpaired) electrons. The van der Waals surface area contributed by atoms with Crippen LogP contribution in [0.1, 0.15) is 43.7 Å². The molecule has 116 valence electrons. The van der Waals surface area contributed by atoms with Crippen LogP contribution in [0.5, 0.6) is 0 Å². The lowest BCUT2D eigenvalue weighted by molar-refractivity contribution is -0.00873. The average molecular weight is 288 g/mol. The highest BCUT2D eigenvalue weighted by Gasteiger charge is 2.35. The number of benzene rings is 1. The number of ether oxygens (including phenoxy) is 1. The van der Waals surface area contributed by atoms with Crippen LogP contribution in [0, 0.1) is 6.92 Å². The Kier molecular flexibility index (Phi) is 4.51. The van der Waals surface area contributed by atoms with Gasteiger partial charge in [-0.2, -0.15) is 0 Å². The molecule has 2 N–H and O–H groups in total. The minimum atomic E-state index is 0.203. The number of nitrogens with two attached hydrogens (primary N) is 1. The molecule has 1 aromatic carbocycles. The number of anilines is 1. The van der Waals surface area contributed by atoms with Crippen LogP contribution >= 0.6 is 0 Å². The zero-order valence-corrected chi connectivity index (χ0v) is 13.3. The number of hydrogen-bond acceptors (Lipinski definition) is 3. The molecule has 1 aliphatic carbocycles. The van der Waals surface area contributed by atoms with E-state index in [1.54, 1.807) is 0 Å². The Bertz CT molecular complexity index is 484. The fourth-order valence-corrected chi connectivity index (χ4v) is 3.90. The van der Waals surface area contributed by atoms with E-state index < -0.39 is 0 Å². The van der Waals surface area contributed by atoms with E-state index in [0.717, 1.165) is 19.6 Å². The summed E-state index contributed by atoms with van der Waals surface area (Å²) < 4.78 is 6.01. The van der Waals surface area contributed by atoms with Crippen LogP contribution in [0.3, 0.4) is 0 Å². The first-order valence-corrected chi connectivity index (χ1v) is 8.38. The summed E-state index contributed by atoms with van der Waals surface area (Å²) in [5, 5.41) is 0. The van der Waals surface area contributed by atoms with Crippen molar-refractivity contribution >= 4 is 5.69 Å². The van der Waals surface area contributed by atoms with Gasteiger partial charge >= 0.3 is 0 Å². The van der Waals surface area contributed by atoms with Gasteiger partial charge in [0.15, 0.2) is 0 Å². The maximum Gasteiger partial charge on any atom is 0.0779 e. The largest absolute Gasteiger partial charge is 0.374 e. The molecule has 3 nitrogen and oxygen atoms in total. The molecule has 1 aromatic rings. The molecule has 1 heterocycles. The van der Waals surface area contributed by atoms with E-state index in [0.29, 0.717) is 12.1 Å². The lowest BCUT2D eigenvalue weighted by Crippen LogP contribution is -2.53. The van der Waals surface area contributed by atoms with Crippen LogP contribution in [0.4, 0.5) is 5.69 Å². The monoisotopic (exact) mass is 288 g/mol. The van der Waals surface area contributed by atoms with Crippen molar-refractivity contribution in [2.24, 2.45) is 5.73 Å². The number of rotatable bonds is 3. The zero-order chi connectivity index (χ0) is 14.8. The highest BCUT2D eigenvalue weighted by molar-refractivity contribution is 5.56. The molecule has 3 heteroatoms. The van der Waals surface area contributed by atoms with Crippen molar-refractivity contribution in [1.29, 1.82) is 0 Å². The fraction of sp³-hybridized carbons (Fsp3) is 0.667. The van der Waals surface area contributed by atoms with Crippen molar-refractivity contribution in [3.05, 3.63) is 29.3 Å². The average Bonchev–Trinajstić information content (AvgIpc) is 2.46. The fourth-order valence-electron chi connectivity index (χ4n) is 3.90. The molecular formula is C18H28N2O. The molecule has 2 fully saturated rings. The molecule has 2 aliphatic rings. The Labute approximate surface area is 128 Å². The third kappa shape index (κ3) is 3.24. The quantitative estimate of drug-likeness (QED) is 0.929. The third-order valence-electron chi connectivity index (χ3n) is 4.82. The Morgan fingerprint density at radius 2 is 2.14 bits per heavy atom. The Morgan fingerprint density at radius 3 is 2.95 bits per heavy atom. The topological polar surface area (TPSA) is 38.5 Å². The molecule has 3 unspecified atom stereocenters. The van der Waals surface area contributed by atoms with E-state index in [1.807, 2.05) is 0 Å². The summed E-state index contributed by atoms with van der Waals surface area (Å²) >= 11 is 0. The van der Waals surface area contributed by atoms with Crippen molar-refractivity contribution in [3.8, 4) is 0 Å². The molecule has 0 amide bonds. The molecule has 1 saturated carbocycles. The Balaban J connectivity index is 1.90.